The number of carbonyl (C=O) groups is 1. The van der Waals surface area contributed by atoms with E-state index >= 15 is 0 Å². The number of carboxylic acids is 1. The molecule has 0 fully saturated rings. The first-order valence-electron chi connectivity index (χ1n) is 6.55. The largest absolute Gasteiger partial charge is 0.497 e. The zero-order valence-corrected chi connectivity index (χ0v) is 13.3. The molecule has 8 nitrogen and oxygen atoms in total. The number of aromatic nitrogens is 3. The van der Waals surface area contributed by atoms with Crippen LogP contribution in [0.1, 0.15) is 11.3 Å². The Balaban J connectivity index is 2.20. The van der Waals surface area contributed by atoms with Gasteiger partial charge < -0.3 is 14.6 Å². The number of aromatic amines is 1. The summed E-state index contributed by atoms with van der Waals surface area (Å²) in [7, 11) is 3.08. The average Bonchev–Trinajstić information content (AvgIpc) is 2.55. The first kappa shape index (κ1) is 16.8. The molecule has 0 spiro atoms. The van der Waals surface area contributed by atoms with Gasteiger partial charge >= 0.3 is 5.97 Å². The molecule has 0 aliphatic heterocycles. The predicted octanol–water partition coefficient (Wildman–Crippen LogP) is 0.950. The second kappa shape index (κ2) is 7.63. The molecule has 1 aromatic heterocycles. The Bertz CT molecular complexity index is 762. The maximum Gasteiger partial charge on any atom is 0.313 e. The van der Waals surface area contributed by atoms with E-state index in [-0.39, 0.29) is 23.0 Å². The van der Waals surface area contributed by atoms with Crippen molar-refractivity contribution in [1.29, 1.82) is 0 Å². The lowest BCUT2D eigenvalue weighted by Crippen LogP contribution is -2.18. The highest BCUT2D eigenvalue weighted by Gasteiger charge is 2.11. The van der Waals surface area contributed by atoms with Gasteiger partial charge in [-0.15, -0.1) is 10.2 Å². The number of carboxylic acid groups (broad SMARTS) is 1. The Labute approximate surface area is 135 Å². The molecule has 0 amide bonds. The van der Waals surface area contributed by atoms with Gasteiger partial charge in [0.15, 0.2) is 5.16 Å². The molecule has 0 saturated carbocycles. The van der Waals surface area contributed by atoms with Crippen molar-refractivity contribution in [1.82, 2.24) is 15.2 Å². The van der Waals surface area contributed by atoms with Gasteiger partial charge in [-0.05, 0) is 6.07 Å². The lowest BCUT2D eigenvalue weighted by molar-refractivity contribution is -0.133. The number of hydrogen-bond acceptors (Lipinski definition) is 7. The van der Waals surface area contributed by atoms with E-state index in [0.29, 0.717) is 11.5 Å². The van der Waals surface area contributed by atoms with Crippen molar-refractivity contribution in [2.75, 3.05) is 20.0 Å². The summed E-state index contributed by atoms with van der Waals surface area (Å²) < 4.78 is 10.4. The number of H-pyrrole nitrogens is 1. The van der Waals surface area contributed by atoms with Gasteiger partial charge in [0, 0.05) is 18.1 Å². The summed E-state index contributed by atoms with van der Waals surface area (Å²) in [6, 6.07) is 5.26. The normalized spacial score (nSPS) is 10.3. The second-order valence-electron chi connectivity index (χ2n) is 4.44. The van der Waals surface area contributed by atoms with Crippen LogP contribution in [0.15, 0.2) is 28.2 Å². The molecule has 0 aliphatic carbocycles. The van der Waals surface area contributed by atoms with E-state index in [0.717, 1.165) is 17.3 Å². The van der Waals surface area contributed by atoms with Crippen LogP contribution in [-0.4, -0.2) is 46.2 Å². The number of nitrogens with zero attached hydrogens (tertiary/aromatic N) is 2. The third-order valence-electron chi connectivity index (χ3n) is 2.93. The summed E-state index contributed by atoms with van der Waals surface area (Å²) in [4.78, 5) is 25.0. The zero-order chi connectivity index (χ0) is 16.8. The molecule has 9 heteroatoms. The number of hydrogen-bond donors (Lipinski definition) is 2. The minimum absolute atomic E-state index is 0.169. The molecule has 1 heterocycles. The van der Waals surface area contributed by atoms with Crippen LogP contribution in [0.2, 0.25) is 0 Å². The summed E-state index contributed by atoms with van der Waals surface area (Å²) in [6.45, 7) is 0. The molecule has 0 radical (unpaired) electrons. The fourth-order valence-electron chi connectivity index (χ4n) is 1.83. The van der Waals surface area contributed by atoms with Crippen LogP contribution in [0.3, 0.4) is 0 Å². The van der Waals surface area contributed by atoms with E-state index in [1.165, 1.54) is 7.11 Å². The van der Waals surface area contributed by atoms with Crippen molar-refractivity contribution < 1.29 is 19.4 Å². The quantitative estimate of drug-likeness (QED) is 0.718. The van der Waals surface area contributed by atoms with Crippen molar-refractivity contribution in [3.8, 4) is 11.5 Å². The molecule has 2 N–H and O–H groups in total. The highest BCUT2D eigenvalue weighted by molar-refractivity contribution is 7.99. The van der Waals surface area contributed by atoms with Crippen molar-refractivity contribution >= 4 is 17.7 Å². The Morgan fingerprint density at radius 1 is 1.30 bits per heavy atom. The van der Waals surface area contributed by atoms with E-state index in [9.17, 15) is 9.59 Å². The van der Waals surface area contributed by atoms with Crippen molar-refractivity contribution in [3.63, 3.8) is 0 Å². The molecule has 0 bridgehead atoms. The van der Waals surface area contributed by atoms with Crippen LogP contribution in [0.4, 0.5) is 0 Å². The minimum atomic E-state index is -0.996. The second-order valence-corrected chi connectivity index (χ2v) is 5.41. The number of nitrogens with one attached hydrogen (secondary N) is 1. The maximum atomic E-state index is 12.0. The Kier molecular flexibility index (Phi) is 5.58. The van der Waals surface area contributed by atoms with Gasteiger partial charge in [-0.3, -0.25) is 14.6 Å². The van der Waals surface area contributed by atoms with Crippen LogP contribution in [0.25, 0.3) is 0 Å². The minimum Gasteiger partial charge on any atom is -0.497 e. The molecule has 0 aliphatic rings. The number of methoxy groups -OCH3 is 2. The van der Waals surface area contributed by atoms with E-state index in [1.807, 2.05) is 0 Å². The summed E-state index contributed by atoms with van der Waals surface area (Å²) in [5, 5.41) is 16.5. The molecule has 0 atom stereocenters. The predicted molar refractivity (Wildman–Crippen MR) is 83.4 cm³/mol. The fraction of sp³-hybridized carbons (Fsp3) is 0.286. The van der Waals surface area contributed by atoms with Gasteiger partial charge in [0.1, 0.15) is 17.2 Å². The fourth-order valence-corrected chi connectivity index (χ4v) is 2.36. The van der Waals surface area contributed by atoms with E-state index in [4.69, 9.17) is 14.6 Å². The van der Waals surface area contributed by atoms with Crippen LogP contribution in [0.5, 0.6) is 11.5 Å². The maximum absolute atomic E-state index is 12.0. The molecular weight excluding hydrogens is 322 g/mol. The highest BCUT2D eigenvalue weighted by Crippen LogP contribution is 2.25. The molecule has 1 aromatic carbocycles. The Morgan fingerprint density at radius 2 is 2.09 bits per heavy atom. The van der Waals surface area contributed by atoms with Crippen molar-refractivity contribution in [3.05, 3.63) is 39.8 Å². The van der Waals surface area contributed by atoms with Gasteiger partial charge in [-0.25, -0.2) is 0 Å². The number of benzene rings is 1. The summed E-state index contributed by atoms with van der Waals surface area (Å²) in [5.74, 6) is 0.0292. The van der Waals surface area contributed by atoms with Crippen molar-refractivity contribution in [2.45, 2.75) is 11.6 Å². The smallest absolute Gasteiger partial charge is 0.313 e. The number of aliphatic carboxylic acids is 1. The molecule has 122 valence electrons. The van der Waals surface area contributed by atoms with Gasteiger partial charge in [-0.2, -0.15) is 0 Å². The SMILES string of the molecule is COc1ccc(Cc2nnc(SCC(=O)O)[nH]c2=O)c(OC)c1. The molecule has 2 rings (SSSR count). The van der Waals surface area contributed by atoms with Gasteiger partial charge in [-0.1, -0.05) is 17.8 Å². The van der Waals surface area contributed by atoms with Crippen LogP contribution in [-0.2, 0) is 11.2 Å². The molecule has 23 heavy (non-hydrogen) atoms. The molecule has 2 aromatic rings. The third kappa shape index (κ3) is 4.46. The number of rotatable bonds is 7. The lowest BCUT2D eigenvalue weighted by atomic mass is 10.1. The first-order chi connectivity index (χ1) is 11.0. The van der Waals surface area contributed by atoms with E-state index < -0.39 is 11.5 Å². The van der Waals surface area contributed by atoms with Gasteiger partial charge in [0.25, 0.3) is 5.56 Å². The van der Waals surface area contributed by atoms with E-state index in [2.05, 4.69) is 15.2 Å². The molecule has 0 saturated heterocycles. The Hall–Kier alpha value is -2.55. The number of ether oxygens (including phenoxy) is 2. The molecule has 0 unspecified atom stereocenters. The third-order valence-corrected chi connectivity index (χ3v) is 3.78. The Morgan fingerprint density at radius 3 is 2.70 bits per heavy atom. The zero-order valence-electron chi connectivity index (χ0n) is 12.5. The van der Waals surface area contributed by atoms with Gasteiger partial charge in [0.2, 0.25) is 0 Å². The van der Waals surface area contributed by atoms with E-state index in [1.54, 1.807) is 25.3 Å². The average molecular weight is 337 g/mol. The monoisotopic (exact) mass is 337 g/mol. The molecular formula is C14H15N3O5S. The van der Waals surface area contributed by atoms with Crippen LogP contribution < -0.4 is 15.0 Å². The first-order valence-corrected chi connectivity index (χ1v) is 7.53. The van der Waals surface area contributed by atoms with Crippen LogP contribution in [0, 0.1) is 0 Å². The number of thioether (sulfide) groups is 1. The lowest BCUT2D eigenvalue weighted by Gasteiger charge is -2.09. The summed E-state index contributed by atoms with van der Waals surface area (Å²) >= 11 is 0.900. The summed E-state index contributed by atoms with van der Waals surface area (Å²) in [6.07, 6.45) is 0.235. The van der Waals surface area contributed by atoms with Gasteiger partial charge in [0.05, 0.1) is 20.0 Å². The highest BCUT2D eigenvalue weighted by atomic mass is 32.2. The standard InChI is InChI=1S/C14H15N3O5S/c1-21-9-4-3-8(11(6-9)22-2)5-10-13(20)15-14(17-16-10)23-7-12(18)19/h3-4,6H,5,7H2,1-2H3,(H,18,19)(H,15,17,20). The topological polar surface area (TPSA) is 114 Å². The van der Waals surface area contributed by atoms with Crippen LogP contribution >= 0.6 is 11.8 Å². The van der Waals surface area contributed by atoms with Crippen molar-refractivity contribution in [2.24, 2.45) is 0 Å². The summed E-state index contributed by atoms with van der Waals surface area (Å²) in [5.41, 5.74) is 0.568.